The van der Waals surface area contributed by atoms with E-state index >= 15 is 0 Å². The van der Waals surface area contributed by atoms with Crippen LogP contribution in [0.25, 0.3) is 0 Å². The molecule has 4 rings (SSSR count). The molecule has 0 amide bonds. The first-order valence-electron chi connectivity index (χ1n) is 11.1. The van der Waals surface area contributed by atoms with E-state index in [1.165, 1.54) is 30.6 Å². The Balaban J connectivity index is 1.62. The number of ether oxygens (including phenoxy) is 1. The fourth-order valence-corrected chi connectivity index (χ4v) is 5.45. The van der Waals surface area contributed by atoms with E-state index in [9.17, 15) is 9.59 Å². The summed E-state index contributed by atoms with van der Waals surface area (Å²) in [5.74, 6) is 0.606. The molecule has 0 N–H and O–H groups in total. The van der Waals surface area contributed by atoms with Gasteiger partial charge in [-0.15, -0.1) is 11.3 Å². The fourth-order valence-electron chi connectivity index (χ4n) is 4.83. The molecule has 2 aromatic heterocycles. The van der Waals surface area contributed by atoms with Crippen molar-refractivity contribution in [2.45, 2.75) is 57.9 Å². The van der Waals surface area contributed by atoms with Crippen molar-refractivity contribution < 1.29 is 9.53 Å². The number of rotatable bonds is 7. The normalized spacial score (nSPS) is 19.0. The van der Waals surface area contributed by atoms with E-state index in [1.54, 1.807) is 16.8 Å². The van der Waals surface area contributed by atoms with Gasteiger partial charge in [-0.05, 0) is 25.3 Å². The third-order valence-corrected chi connectivity index (χ3v) is 7.18. The molecule has 0 spiro atoms. The third-order valence-electron chi connectivity index (χ3n) is 6.40. The van der Waals surface area contributed by atoms with E-state index in [-0.39, 0.29) is 11.3 Å². The number of ketones is 1. The number of pyridine rings is 1. The van der Waals surface area contributed by atoms with Crippen LogP contribution in [0.5, 0.6) is 0 Å². The van der Waals surface area contributed by atoms with Crippen molar-refractivity contribution in [1.29, 1.82) is 0 Å². The Morgan fingerprint density at radius 2 is 2.00 bits per heavy atom. The van der Waals surface area contributed by atoms with E-state index in [0.29, 0.717) is 25.6 Å². The highest BCUT2D eigenvalue weighted by Gasteiger charge is 2.28. The summed E-state index contributed by atoms with van der Waals surface area (Å²) in [5, 5.41) is 2.72. The average molecular weight is 430 g/mol. The zero-order valence-corrected chi connectivity index (χ0v) is 18.5. The Bertz CT molecular complexity index is 897. The molecule has 0 aromatic carbocycles. The van der Waals surface area contributed by atoms with Crippen LogP contribution in [0.4, 0.5) is 5.69 Å². The van der Waals surface area contributed by atoms with Crippen LogP contribution in [-0.4, -0.2) is 41.6 Å². The molecular formula is C23H31N3O3S. The second-order valence-electron chi connectivity index (χ2n) is 8.49. The van der Waals surface area contributed by atoms with E-state index < -0.39 is 6.04 Å². The van der Waals surface area contributed by atoms with E-state index in [1.807, 2.05) is 12.3 Å². The van der Waals surface area contributed by atoms with Crippen LogP contribution in [0.15, 0.2) is 28.5 Å². The summed E-state index contributed by atoms with van der Waals surface area (Å²) >= 11 is 1.50. The maximum atomic E-state index is 13.4. The number of anilines is 1. The van der Waals surface area contributed by atoms with Crippen molar-refractivity contribution in [2.24, 2.45) is 5.92 Å². The van der Waals surface area contributed by atoms with Crippen LogP contribution in [-0.2, 0) is 16.0 Å². The van der Waals surface area contributed by atoms with Crippen LogP contribution < -0.4 is 10.5 Å². The van der Waals surface area contributed by atoms with Gasteiger partial charge in [-0.3, -0.25) is 9.59 Å². The maximum Gasteiger partial charge on any atom is 0.253 e. The highest BCUT2D eigenvalue weighted by molar-refractivity contribution is 7.09. The highest BCUT2D eigenvalue weighted by atomic mass is 32.1. The van der Waals surface area contributed by atoms with Gasteiger partial charge < -0.3 is 14.2 Å². The summed E-state index contributed by atoms with van der Waals surface area (Å²) in [5.41, 5.74) is 1.71. The Morgan fingerprint density at radius 3 is 2.67 bits per heavy atom. The van der Waals surface area contributed by atoms with Crippen molar-refractivity contribution in [3.8, 4) is 0 Å². The van der Waals surface area contributed by atoms with Crippen molar-refractivity contribution in [3.05, 3.63) is 44.8 Å². The minimum atomic E-state index is -0.414. The fraction of sp³-hybridized carbons (Fsp3) is 0.609. The number of hydrogen-bond acceptors (Lipinski definition) is 6. The number of thiazole rings is 1. The zero-order valence-electron chi connectivity index (χ0n) is 17.7. The smallest absolute Gasteiger partial charge is 0.253 e. The second-order valence-corrected chi connectivity index (χ2v) is 9.47. The van der Waals surface area contributed by atoms with E-state index in [0.717, 1.165) is 48.7 Å². The van der Waals surface area contributed by atoms with Gasteiger partial charge in [0.15, 0.2) is 5.78 Å². The molecule has 30 heavy (non-hydrogen) atoms. The van der Waals surface area contributed by atoms with E-state index in [2.05, 4.69) is 16.0 Å². The topological polar surface area (TPSA) is 64.4 Å². The summed E-state index contributed by atoms with van der Waals surface area (Å²) in [7, 11) is 0. The summed E-state index contributed by atoms with van der Waals surface area (Å²) in [6, 6.07) is 3.34. The lowest BCUT2D eigenvalue weighted by Crippen LogP contribution is -2.38. The Morgan fingerprint density at radius 1 is 1.23 bits per heavy atom. The lowest BCUT2D eigenvalue weighted by molar-refractivity contribution is -0.122. The molecule has 3 heterocycles. The molecule has 162 valence electrons. The minimum Gasteiger partial charge on any atom is -0.378 e. The molecule has 1 atom stereocenters. The quantitative estimate of drug-likeness (QED) is 0.670. The lowest BCUT2D eigenvalue weighted by atomic mass is 9.83. The predicted octanol–water partition coefficient (Wildman–Crippen LogP) is 3.77. The molecule has 1 saturated heterocycles. The number of aryl methyl sites for hydroxylation is 1. The Hall–Kier alpha value is -1.99. The van der Waals surface area contributed by atoms with Gasteiger partial charge >= 0.3 is 0 Å². The van der Waals surface area contributed by atoms with Crippen molar-refractivity contribution in [3.63, 3.8) is 0 Å². The number of nitrogens with zero attached hydrogens (tertiary/aromatic N) is 3. The molecule has 1 aliphatic heterocycles. The Labute approximate surface area is 181 Å². The number of aromatic nitrogens is 2. The van der Waals surface area contributed by atoms with Gasteiger partial charge in [-0.25, -0.2) is 4.98 Å². The molecule has 2 aromatic rings. The molecule has 1 saturated carbocycles. The molecule has 6 nitrogen and oxygen atoms in total. The zero-order chi connectivity index (χ0) is 20.9. The number of carbonyl (C=O) groups is 1. The first-order chi connectivity index (χ1) is 14.6. The molecule has 2 aliphatic rings. The third kappa shape index (κ3) is 5.01. The van der Waals surface area contributed by atoms with Gasteiger partial charge in [0, 0.05) is 42.1 Å². The van der Waals surface area contributed by atoms with Crippen molar-refractivity contribution in [1.82, 2.24) is 9.55 Å². The Kier molecular flexibility index (Phi) is 7.00. The predicted molar refractivity (Wildman–Crippen MR) is 120 cm³/mol. The SMILES string of the molecule is Cc1cc(N2CCOCC2)cc(=O)n1C(CC1CCCCC1)C(=O)Cc1nccs1. The number of hydrogen-bond donors (Lipinski definition) is 0. The standard InChI is InChI=1S/C23H31N3O3S/c1-17-13-19(25-8-10-29-11-9-25)15-23(28)26(17)20(14-18-5-3-2-4-6-18)21(27)16-22-24-7-12-30-22/h7,12-13,15,18,20H,2-6,8-11,14,16H2,1H3. The second kappa shape index (κ2) is 9.88. The minimum absolute atomic E-state index is 0.0789. The van der Waals surface area contributed by atoms with E-state index in [4.69, 9.17) is 4.74 Å². The molecule has 1 unspecified atom stereocenters. The first-order valence-corrected chi connectivity index (χ1v) is 12.0. The number of morpholine rings is 1. The lowest BCUT2D eigenvalue weighted by Gasteiger charge is -2.31. The largest absolute Gasteiger partial charge is 0.378 e. The van der Waals surface area contributed by atoms with Gasteiger partial charge in [0.1, 0.15) is 0 Å². The number of Topliss-reactive ketones (excluding diaryl/α,β-unsaturated/α-hetero) is 1. The molecule has 0 radical (unpaired) electrons. The molecule has 0 bridgehead atoms. The molecular weight excluding hydrogens is 398 g/mol. The van der Waals surface area contributed by atoms with Gasteiger partial charge in [-0.1, -0.05) is 32.1 Å². The average Bonchev–Trinajstić information content (AvgIpc) is 3.27. The van der Waals surface area contributed by atoms with Gasteiger partial charge in [0.2, 0.25) is 0 Å². The van der Waals surface area contributed by atoms with Gasteiger partial charge in [-0.2, -0.15) is 0 Å². The maximum absolute atomic E-state index is 13.4. The first kappa shape index (κ1) is 21.2. The van der Waals surface area contributed by atoms with Crippen LogP contribution in [0.1, 0.15) is 55.3 Å². The van der Waals surface area contributed by atoms with Gasteiger partial charge in [0.05, 0.1) is 30.7 Å². The summed E-state index contributed by atoms with van der Waals surface area (Å²) in [4.78, 5) is 33.1. The van der Waals surface area contributed by atoms with Crippen LogP contribution in [0, 0.1) is 12.8 Å². The monoisotopic (exact) mass is 429 g/mol. The summed E-state index contributed by atoms with van der Waals surface area (Å²) in [6.45, 7) is 4.89. The highest BCUT2D eigenvalue weighted by Crippen LogP contribution is 2.32. The summed E-state index contributed by atoms with van der Waals surface area (Å²) < 4.78 is 7.18. The molecule has 2 fully saturated rings. The van der Waals surface area contributed by atoms with Crippen LogP contribution in [0.2, 0.25) is 0 Å². The van der Waals surface area contributed by atoms with Crippen molar-refractivity contribution >= 4 is 22.8 Å². The number of carbonyl (C=O) groups excluding carboxylic acids is 1. The van der Waals surface area contributed by atoms with Crippen LogP contribution in [0.3, 0.4) is 0 Å². The van der Waals surface area contributed by atoms with Crippen molar-refractivity contribution in [2.75, 3.05) is 31.2 Å². The van der Waals surface area contributed by atoms with Gasteiger partial charge in [0.25, 0.3) is 5.56 Å². The molecule has 7 heteroatoms. The summed E-state index contributed by atoms with van der Waals surface area (Å²) in [6.07, 6.45) is 8.82. The molecule has 1 aliphatic carbocycles. The van der Waals surface area contributed by atoms with Crippen LogP contribution >= 0.6 is 11.3 Å².